The molecule has 0 bridgehead atoms. The number of ether oxygens (including phenoxy) is 1. The van der Waals surface area contributed by atoms with Crippen LogP contribution in [0.2, 0.25) is 0 Å². The zero-order chi connectivity index (χ0) is 15.3. The lowest BCUT2D eigenvalue weighted by atomic mass is 10.1. The molecule has 1 amide bonds. The zero-order valence-corrected chi connectivity index (χ0v) is 11.8. The Bertz CT molecular complexity index is 446. The van der Waals surface area contributed by atoms with E-state index in [1.165, 1.54) is 12.1 Å². The minimum atomic E-state index is -4.74. The zero-order valence-electron chi connectivity index (χ0n) is 11.0. The molecule has 0 aromatic heterocycles. The number of carbonyl (C=O) groups is 1. The fraction of sp³-hybridized carbons (Fsp3) is 0.462. The molecular formula is C13H15ClF3NO2. The Hall–Kier alpha value is -1.43. The predicted octanol–water partition coefficient (Wildman–Crippen LogP) is 3.72. The predicted molar refractivity (Wildman–Crippen MR) is 70.0 cm³/mol. The molecule has 1 aromatic carbocycles. The van der Waals surface area contributed by atoms with Crippen molar-refractivity contribution in [1.82, 2.24) is 5.32 Å². The molecule has 2 atom stereocenters. The molecular weight excluding hydrogens is 295 g/mol. The Labute approximate surface area is 120 Å². The van der Waals surface area contributed by atoms with Gasteiger partial charge in [-0.1, -0.05) is 0 Å². The van der Waals surface area contributed by atoms with Crippen LogP contribution in [0.4, 0.5) is 13.2 Å². The van der Waals surface area contributed by atoms with Crippen molar-refractivity contribution in [2.24, 2.45) is 0 Å². The monoisotopic (exact) mass is 309 g/mol. The van der Waals surface area contributed by atoms with Gasteiger partial charge in [0.2, 0.25) is 0 Å². The molecule has 112 valence electrons. The molecule has 1 rings (SSSR count). The number of hydrogen-bond donors (Lipinski definition) is 1. The summed E-state index contributed by atoms with van der Waals surface area (Å²) in [6, 6.07) is 4.61. The van der Waals surface area contributed by atoms with Crippen LogP contribution >= 0.6 is 11.6 Å². The maximum atomic E-state index is 12.0. The van der Waals surface area contributed by atoms with Gasteiger partial charge in [0.25, 0.3) is 5.91 Å². The van der Waals surface area contributed by atoms with Gasteiger partial charge < -0.3 is 10.1 Å². The van der Waals surface area contributed by atoms with E-state index in [2.05, 4.69) is 10.1 Å². The quantitative estimate of drug-likeness (QED) is 0.842. The van der Waals surface area contributed by atoms with Crippen molar-refractivity contribution >= 4 is 17.5 Å². The van der Waals surface area contributed by atoms with Crippen LogP contribution in [-0.2, 0) is 0 Å². The third-order valence-corrected chi connectivity index (χ3v) is 2.58. The van der Waals surface area contributed by atoms with Gasteiger partial charge in [-0.15, -0.1) is 24.8 Å². The van der Waals surface area contributed by atoms with Gasteiger partial charge in [0.15, 0.2) is 0 Å². The standard InChI is InChI=1S/C13H15ClF3NO2/c1-8(14)7-9(2)18-12(19)10-3-5-11(6-4-10)20-13(15,16)17/h3-6,8-9H,7H2,1-2H3,(H,18,19). The van der Waals surface area contributed by atoms with Crippen LogP contribution in [0.15, 0.2) is 24.3 Å². The number of carbonyl (C=O) groups excluding carboxylic acids is 1. The highest BCUT2D eigenvalue weighted by Crippen LogP contribution is 2.22. The molecule has 2 unspecified atom stereocenters. The van der Waals surface area contributed by atoms with Crippen molar-refractivity contribution in [2.45, 2.75) is 38.0 Å². The molecule has 0 radical (unpaired) electrons. The smallest absolute Gasteiger partial charge is 0.406 e. The molecule has 20 heavy (non-hydrogen) atoms. The lowest BCUT2D eigenvalue weighted by Gasteiger charge is -2.15. The van der Waals surface area contributed by atoms with Gasteiger partial charge in [-0.05, 0) is 44.5 Å². The van der Waals surface area contributed by atoms with E-state index < -0.39 is 6.36 Å². The topological polar surface area (TPSA) is 38.3 Å². The lowest BCUT2D eigenvalue weighted by molar-refractivity contribution is -0.274. The summed E-state index contributed by atoms with van der Waals surface area (Å²) < 4.78 is 39.7. The van der Waals surface area contributed by atoms with Gasteiger partial charge in [0.05, 0.1) is 0 Å². The fourth-order valence-electron chi connectivity index (χ4n) is 1.66. The van der Waals surface area contributed by atoms with Crippen LogP contribution in [0.25, 0.3) is 0 Å². The number of hydrogen-bond acceptors (Lipinski definition) is 2. The highest BCUT2D eigenvalue weighted by molar-refractivity contribution is 6.20. The van der Waals surface area contributed by atoms with Crippen molar-refractivity contribution < 1.29 is 22.7 Å². The molecule has 0 spiro atoms. The van der Waals surface area contributed by atoms with E-state index in [1.54, 1.807) is 6.92 Å². The molecule has 3 nitrogen and oxygen atoms in total. The Morgan fingerprint density at radius 2 is 1.85 bits per heavy atom. The number of rotatable bonds is 5. The van der Waals surface area contributed by atoms with Crippen molar-refractivity contribution in [3.05, 3.63) is 29.8 Å². The van der Waals surface area contributed by atoms with Crippen LogP contribution in [0.3, 0.4) is 0 Å². The lowest BCUT2D eigenvalue weighted by Crippen LogP contribution is -2.33. The Kier molecular flexibility index (Phi) is 5.68. The summed E-state index contributed by atoms with van der Waals surface area (Å²) in [5.41, 5.74) is 0.258. The molecule has 0 aliphatic rings. The maximum Gasteiger partial charge on any atom is 0.573 e. The van der Waals surface area contributed by atoms with Crippen LogP contribution in [-0.4, -0.2) is 23.7 Å². The number of amides is 1. The van der Waals surface area contributed by atoms with Crippen molar-refractivity contribution in [2.75, 3.05) is 0 Å². The van der Waals surface area contributed by atoms with Crippen molar-refractivity contribution in [3.63, 3.8) is 0 Å². The number of benzene rings is 1. The van der Waals surface area contributed by atoms with Gasteiger partial charge in [0.1, 0.15) is 5.75 Å². The Morgan fingerprint density at radius 3 is 2.30 bits per heavy atom. The van der Waals surface area contributed by atoms with Gasteiger partial charge in [-0.25, -0.2) is 0 Å². The maximum absolute atomic E-state index is 12.0. The molecule has 0 fully saturated rings. The van der Waals surface area contributed by atoms with Gasteiger partial charge in [-0.2, -0.15) is 0 Å². The third-order valence-electron chi connectivity index (χ3n) is 2.41. The third kappa shape index (κ3) is 6.14. The highest BCUT2D eigenvalue weighted by atomic mass is 35.5. The van der Waals surface area contributed by atoms with Crippen molar-refractivity contribution in [3.8, 4) is 5.75 Å². The molecule has 0 heterocycles. The van der Waals surface area contributed by atoms with Gasteiger partial charge in [0, 0.05) is 17.0 Å². The summed E-state index contributed by atoms with van der Waals surface area (Å²) in [6.45, 7) is 3.62. The van der Waals surface area contributed by atoms with E-state index in [0.29, 0.717) is 6.42 Å². The summed E-state index contributed by atoms with van der Waals surface area (Å²) in [4.78, 5) is 11.8. The van der Waals surface area contributed by atoms with Gasteiger partial charge >= 0.3 is 6.36 Å². The normalized spacial score (nSPS) is 14.5. The average molecular weight is 310 g/mol. The first-order chi connectivity index (χ1) is 9.17. The molecule has 7 heteroatoms. The number of alkyl halides is 4. The summed E-state index contributed by atoms with van der Waals surface area (Å²) in [7, 11) is 0. The minimum Gasteiger partial charge on any atom is -0.406 e. The number of halogens is 4. The molecule has 0 aliphatic carbocycles. The molecule has 0 aliphatic heterocycles. The SMILES string of the molecule is CC(Cl)CC(C)NC(=O)c1ccc(OC(F)(F)F)cc1. The summed E-state index contributed by atoms with van der Waals surface area (Å²) >= 11 is 5.81. The van der Waals surface area contributed by atoms with Crippen LogP contribution in [0.1, 0.15) is 30.6 Å². The minimum absolute atomic E-state index is 0.0761. The van der Waals surface area contributed by atoms with Gasteiger partial charge in [-0.3, -0.25) is 4.79 Å². The second-order valence-corrected chi connectivity index (χ2v) is 5.21. The van der Waals surface area contributed by atoms with Crippen LogP contribution in [0.5, 0.6) is 5.75 Å². The summed E-state index contributed by atoms with van der Waals surface area (Å²) in [6.07, 6.45) is -4.14. The fourth-order valence-corrected chi connectivity index (χ4v) is 1.93. The second-order valence-electron chi connectivity index (χ2n) is 4.46. The van der Waals surface area contributed by atoms with E-state index in [0.717, 1.165) is 12.1 Å². The van der Waals surface area contributed by atoms with Crippen LogP contribution in [0, 0.1) is 0 Å². The van der Waals surface area contributed by atoms with Crippen LogP contribution < -0.4 is 10.1 Å². The molecule has 0 saturated carbocycles. The first-order valence-corrected chi connectivity index (χ1v) is 6.42. The largest absolute Gasteiger partial charge is 0.573 e. The summed E-state index contributed by atoms with van der Waals surface area (Å²) in [5, 5.41) is 2.63. The summed E-state index contributed by atoms with van der Waals surface area (Å²) in [5.74, 6) is -0.732. The molecule has 1 N–H and O–H groups in total. The highest BCUT2D eigenvalue weighted by Gasteiger charge is 2.31. The average Bonchev–Trinajstić information content (AvgIpc) is 2.26. The van der Waals surface area contributed by atoms with E-state index in [1.807, 2.05) is 6.92 Å². The van der Waals surface area contributed by atoms with E-state index in [9.17, 15) is 18.0 Å². The first-order valence-electron chi connectivity index (χ1n) is 5.98. The van der Waals surface area contributed by atoms with E-state index >= 15 is 0 Å². The second kappa shape index (κ2) is 6.83. The number of nitrogens with one attached hydrogen (secondary N) is 1. The van der Waals surface area contributed by atoms with E-state index in [4.69, 9.17) is 11.6 Å². The Balaban J connectivity index is 2.62. The van der Waals surface area contributed by atoms with E-state index in [-0.39, 0.29) is 28.6 Å². The molecule has 0 saturated heterocycles. The van der Waals surface area contributed by atoms with Crippen molar-refractivity contribution in [1.29, 1.82) is 0 Å². The first kappa shape index (κ1) is 16.6. The Morgan fingerprint density at radius 1 is 1.30 bits per heavy atom. The molecule has 1 aromatic rings.